The molecule has 0 saturated carbocycles. The summed E-state index contributed by atoms with van der Waals surface area (Å²) in [4.78, 5) is 25.2. The normalized spacial score (nSPS) is 10.9. The van der Waals surface area contributed by atoms with Gasteiger partial charge in [-0.2, -0.15) is 0 Å². The first-order valence-electron chi connectivity index (χ1n) is 12.5. The fourth-order valence-corrected chi connectivity index (χ4v) is 3.56. The molecule has 0 unspecified atom stereocenters. The molecule has 0 aliphatic rings. The number of rotatable bonds is 7. The molecule has 3 N–H and O–H groups in total. The van der Waals surface area contributed by atoms with E-state index in [1.165, 1.54) is 6.33 Å². The first kappa shape index (κ1) is 26.4. The van der Waals surface area contributed by atoms with Gasteiger partial charge in [0.25, 0.3) is 0 Å². The van der Waals surface area contributed by atoms with E-state index in [2.05, 4.69) is 42.7 Å². The van der Waals surface area contributed by atoms with E-state index in [9.17, 15) is 4.79 Å². The third-order valence-electron chi connectivity index (χ3n) is 6.09. The second-order valence-corrected chi connectivity index (χ2v) is 9.64. The van der Waals surface area contributed by atoms with E-state index in [0.29, 0.717) is 11.6 Å². The Morgan fingerprint density at radius 1 is 1.03 bits per heavy atom. The maximum absolute atomic E-state index is 12.0. The van der Waals surface area contributed by atoms with Gasteiger partial charge in [0, 0.05) is 27.9 Å². The van der Waals surface area contributed by atoms with Gasteiger partial charge >= 0.3 is 6.03 Å². The first-order chi connectivity index (χ1) is 18.2. The summed E-state index contributed by atoms with van der Waals surface area (Å²) in [6.45, 7) is 10.2. The monoisotopic (exact) mass is 508 g/mol. The second kappa shape index (κ2) is 11.6. The molecule has 4 rings (SSSR count). The number of amides is 2. The molecule has 2 heterocycles. The van der Waals surface area contributed by atoms with Crippen LogP contribution < -0.4 is 20.7 Å². The zero-order chi connectivity index (χ0) is 27.1. The summed E-state index contributed by atoms with van der Waals surface area (Å²) in [6, 6.07) is 15.2. The maximum atomic E-state index is 12.0. The molecule has 2 amide bonds. The predicted molar refractivity (Wildman–Crippen MR) is 151 cm³/mol. The van der Waals surface area contributed by atoms with E-state index < -0.39 is 0 Å². The molecular formula is C30H32N6O2. The van der Waals surface area contributed by atoms with Crippen molar-refractivity contribution in [3.63, 3.8) is 0 Å². The highest BCUT2D eigenvalue weighted by molar-refractivity contribution is 5.91. The van der Waals surface area contributed by atoms with E-state index in [-0.39, 0.29) is 18.1 Å². The largest absolute Gasteiger partial charge is 0.455 e. The number of carbonyl (C=O) groups is 1. The highest BCUT2D eigenvalue weighted by Gasteiger charge is 2.16. The molecule has 0 spiro atoms. The summed E-state index contributed by atoms with van der Waals surface area (Å²) >= 11 is 0. The Bertz CT molecular complexity index is 1500. The van der Waals surface area contributed by atoms with Crippen LogP contribution in [0, 0.1) is 25.7 Å². The molecular weight excluding hydrogens is 476 g/mol. The van der Waals surface area contributed by atoms with E-state index >= 15 is 0 Å². The van der Waals surface area contributed by atoms with Crippen LogP contribution in [-0.2, 0) is 0 Å². The highest BCUT2D eigenvalue weighted by Crippen LogP contribution is 2.29. The molecule has 0 saturated heterocycles. The Hall–Kier alpha value is -4.64. The Labute approximate surface area is 223 Å². The Balaban J connectivity index is 1.46. The van der Waals surface area contributed by atoms with Crippen molar-refractivity contribution < 1.29 is 9.53 Å². The van der Waals surface area contributed by atoms with Crippen LogP contribution in [0.25, 0.3) is 10.9 Å². The average Bonchev–Trinajstić information content (AvgIpc) is 2.89. The minimum absolute atomic E-state index is 0.230. The predicted octanol–water partition coefficient (Wildman–Crippen LogP) is 6.02. The Kier molecular flexibility index (Phi) is 8.07. The van der Waals surface area contributed by atoms with Crippen LogP contribution in [0.1, 0.15) is 44.0 Å². The van der Waals surface area contributed by atoms with Crippen LogP contribution in [0.3, 0.4) is 0 Å². The zero-order valence-electron chi connectivity index (χ0n) is 22.3. The van der Waals surface area contributed by atoms with E-state index in [4.69, 9.17) is 4.74 Å². The standard InChI is InChI=1S/C30H32N6O2/c1-6-30(4,5)36-29(37)31-15-7-8-22-10-13-26-25(17-22)28(34-19-33-26)35-23-11-14-27(20(2)16-23)38-24-12-9-21(3)32-18-24/h9-14,16-19H,6,15H2,1-5H3,(H2,31,36,37)(H,33,34,35). The number of benzene rings is 2. The topological polar surface area (TPSA) is 101 Å². The number of nitrogens with one attached hydrogen (secondary N) is 3. The number of ether oxygens (including phenoxy) is 1. The molecule has 0 bridgehead atoms. The fraction of sp³-hybridized carbons (Fsp3) is 0.267. The van der Waals surface area contributed by atoms with Crippen molar-refractivity contribution in [3.8, 4) is 23.3 Å². The smallest absolute Gasteiger partial charge is 0.315 e. The van der Waals surface area contributed by atoms with Crippen molar-refractivity contribution in [2.75, 3.05) is 11.9 Å². The van der Waals surface area contributed by atoms with Crippen LogP contribution in [-0.4, -0.2) is 33.1 Å². The molecule has 2 aromatic carbocycles. The summed E-state index contributed by atoms with van der Waals surface area (Å²) in [6.07, 6.45) is 4.09. The summed E-state index contributed by atoms with van der Waals surface area (Å²) in [7, 11) is 0. The lowest BCUT2D eigenvalue weighted by Gasteiger charge is -2.24. The highest BCUT2D eigenvalue weighted by atomic mass is 16.5. The van der Waals surface area contributed by atoms with Gasteiger partial charge in [-0.15, -0.1) is 0 Å². The van der Waals surface area contributed by atoms with Gasteiger partial charge in [0.15, 0.2) is 0 Å². The lowest BCUT2D eigenvalue weighted by molar-refractivity contribution is 0.230. The molecule has 194 valence electrons. The fourth-order valence-electron chi connectivity index (χ4n) is 3.56. The van der Waals surface area contributed by atoms with Gasteiger partial charge in [-0.05, 0) is 88.2 Å². The number of urea groups is 1. The van der Waals surface area contributed by atoms with Gasteiger partial charge in [0.05, 0.1) is 18.3 Å². The van der Waals surface area contributed by atoms with Crippen molar-refractivity contribution in [1.29, 1.82) is 0 Å². The molecule has 38 heavy (non-hydrogen) atoms. The summed E-state index contributed by atoms with van der Waals surface area (Å²) in [5, 5.41) is 9.94. The van der Waals surface area contributed by atoms with Gasteiger partial charge in [-0.3, -0.25) is 4.98 Å². The van der Waals surface area contributed by atoms with Crippen molar-refractivity contribution >= 4 is 28.4 Å². The molecule has 0 radical (unpaired) electrons. The summed E-state index contributed by atoms with van der Waals surface area (Å²) in [5.41, 5.74) is 4.13. The molecule has 8 heteroatoms. The number of nitrogens with zero attached hydrogens (tertiary/aromatic N) is 3. The van der Waals surface area contributed by atoms with Gasteiger partial charge in [-0.25, -0.2) is 14.8 Å². The van der Waals surface area contributed by atoms with Crippen LogP contribution in [0.2, 0.25) is 0 Å². The third-order valence-corrected chi connectivity index (χ3v) is 6.09. The number of fused-ring (bicyclic) bond motifs is 1. The number of pyridine rings is 1. The van der Waals surface area contributed by atoms with Crippen LogP contribution >= 0.6 is 0 Å². The van der Waals surface area contributed by atoms with Gasteiger partial charge in [0.1, 0.15) is 23.6 Å². The van der Waals surface area contributed by atoms with Crippen LogP contribution in [0.4, 0.5) is 16.3 Å². The Morgan fingerprint density at radius 3 is 2.61 bits per heavy atom. The Morgan fingerprint density at radius 2 is 1.87 bits per heavy atom. The maximum Gasteiger partial charge on any atom is 0.315 e. The van der Waals surface area contributed by atoms with Crippen molar-refractivity contribution in [3.05, 3.63) is 77.9 Å². The van der Waals surface area contributed by atoms with Gasteiger partial charge in [-0.1, -0.05) is 18.8 Å². The number of carbonyl (C=O) groups excluding carboxylic acids is 1. The molecule has 8 nitrogen and oxygen atoms in total. The number of aromatic nitrogens is 3. The number of aryl methyl sites for hydroxylation is 2. The third kappa shape index (κ3) is 6.98. The summed E-state index contributed by atoms with van der Waals surface area (Å²) in [5.74, 6) is 8.23. The van der Waals surface area contributed by atoms with Crippen molar-refractivity contribution in [1.82, 2.24) is 25.6 Å². The number of hydrogen-bond donors (Lipinski definition) is 3. The van der Waals surface area contributed by atoms with Crippen LogP contribution in [0.5, 0.6) is 11.5 Å². The van der Waals surface area contributed by atoms with Gasteiger partial charge in [0.2, 0.25) is 0 Å². The molecule has 0 aliphatic carbocycles. The molecule has 0 fully saturated rings. The zero-order valence-corrected chi connectivity index (χ0v) is 22.3. The molecule has 0 atom stereocenters. The number of hydrogen-bond acceptors (Lipinski definition) is 6. The number of anilines is 2. The van der Waals surface area contributed by atoms with Gasteiger partial charge < -0.3 is 20.7 Å². The van der Waals surface area contributed by atoms with Crippen LogP contribution in [0.15, 0.2) is 61.1 Å². The average molecular weight is 509 g/mol. The van der Waals surface area contributed by atoms with E-state index in [1.807, 2.05) is 83.1 Å². The molecule has 2 aromatic heterocycles. The van der Waals surface area contributed by atoms with E-state index in [1.54, 1.807) is 6.20 Å². The minimum atomic E-state index is -0.260. The first-order valence-corrected chi connectivity index (χ1v) is 12.5. The van der Waals surface area contributed by atoms with E-state index in [0.717, 1.165) is 45.6 Å². The second-order valence-electron chi connectivity index (χ2n) is 9.64. The lowest BCUT2D eigenvalue weighted by atomic mass is 10.0. The molecule has 0 aliphatic heterocycles. The SMILES string of the molecule is CCC(C)(C)NC(=O)NCC#Cc1ccc2ncnc(Nc3ccc(Oc4ccc(C)nc4)c(C)c3)c2c1. The quantitative estimate of drug-likeness (QED) is 0.264. The summed E-state index contributed by atoms with van der Waals surface area (Å²) < 4.78 is 5.98. The van der Waals surface area contributed by atoms with Crippen molar-refractivity contribution in [2.24, 2.45) is 0 Å². The molecule has 4 aromatic rings. The van der Waals surface area contributed by atoms with Crippen molar-refractivity contribution in [2.45, 2.75) is 46.6 Å². The lowest BCUT2D eigenvalue weighted by Crippen LogP contribution is -2.48. The minimum Gasteiger partial charge on any atom is -0.455 e.